The Labute approximate surface area is 94.1 Å². The molecule has 0 aliphatic carbocycles. The second-order valence-electron chi connectivity index (χ2n) is 2.83. The minimum absolute atomic E-state index is 2.33. The van der Waals surface area contributed by atoms with Gasteiger partial charge in [0.25, 0.3) is 0 Å². The molecule has 4 nitrogen and oxygen atoms in total. The zero-order valence-electron chi connectivity index (χ0n) is 8.06. The fourth-order valence-corrected chi connectivity index (χ4v) is 1.15. The van der Waals surface area contributed by atoms with E-state index in [0.717, 1.165) is 0 Å². The molecule has 0 spiro atoms. The lowest BCUT2D eigenvalue weighted by molar-refractivity contribution is -0.291. The van der Waals surface area contributed by atoms with Crippen molar-refractivity contribution in [3.05, 3.63) is 0 Å². The third kappa shape index (κ3) is 6.47. The summed E-state index contributed by atoms with van der Waals surface area (Å²) >= 11 is 0. The Kier molecular flexibility index (Phi) is 5.14. The number of hydrogen-bond donors (Lipinski definition) is 1. The van der Waals surface area contributed by atoms with E-state index >= 15 is 0 Å². The van der Waals surface area contributed by atoms with Gasteiger partial charge in [0.05, 0.1) is 0 Å². The van der Waals surface area contributed by atoms with Gasteiger partial charge in [-0.3, -0.25) is 9.05 Å². The van der Waals surface area contributed by atoms with Gasteiger partial charge in [-0.15, -0.1) is 0 Å². The predicted molar refractivity (Wildman–Crippen MR) is 38.8 cm³/mol. The summed E-state index contributed by atoms with van der Waals surface area (Å²) in [5.41, 5.74) is 0. The summed E-state index contributed by atoms with van der Waals surface area (Å²) < 4.78 is 110. The summed E-state index contributed by atoms with van der Waals surface area (Å²) in [7, 11) is -5.65. The van der Waals surface area contributed by atoms with Crippen molar-refractivity contribution in [2.45, 2.75) is 18.3 Å². The van der Waals surface area contributed by atoms with Crippen molar-refractivity contribution >= 4 is 7.82 Å². The van der Waals surface area contributed by atoms with Crippen LogP contribution in [0.4, 0.5) is 35.1 Å². The fourth-order valence-electron chi connectivity index (χ4n) is 0.437. The lowest BCUT2D eigenvalue weighted by Gasteiger charge is -2.20. The molecule has 0 aromatic carbocycles. The van der Waals surface area contributed by atoms with Crippen LogP contribution in [0.2, 0.25) is 0 Å². The highest BCUT2D eigenvalue weighted by Gasteiger charge is 2.58. The molecule has 1 atom stereocenters. The van der Waals surface area contributed by atoms with Gasteiger partial charge in [-0.2, -0.15) is 35.1 Å². The Morgan fingerprint density at radius 2 is 1.28 bits per heavy atom. The second kappa shape index (κ2) is 5.27. The van der Waals surface area contributed by atoms with E-state index in [2.05, 4.69) is 9.05 Å². The van der Waals surface area contributed by atoms with Gasteiger partial charge in [-0.1, -0.05) is 0 Å². The highest BCUT2D eigenvalue weighted by Crippen LogP contribution is 2.47. The monoisotopic (exact) mass is 312 g/mol. The molecule has 0 saturated heterocycles. The van der Waals surface area contributed by atoms with Crippen LogP contribution >= 0.6 is 7.82 Å². The molecule has 1 unspecified atom stereocenters. The maximum Gasteiger partial charge on any atom is 0.472 e. The molecule has 0 amide bonds. The van der Waals surface area contributed by atoms with Crippen molar-refractivity contribution in [1.29, 1.82) is 0 Å². The van der Waals surface area contributed by atoms with E-state index in [1.807, 2.05) is 0 Å². The van der Waals surface area contributed by atoms with Gasteiger partial charge < -0.3 is 4.89 Å². The summed E-state index contributed by atoms with van der Waals surface area (Å²) in [5, 5.41) is 0. The largest absolute Gasteiger partial charge is 0.472 e. The maximum absolute atomic E-state index is 12.2. The summed E-state index contributed by atoms with van der Waals surface area (Å²) in [6.07, 6.45) is -11.1. The maximum atomic E-state index is 12.2. The Hall–Kier alpha value is -0.450. The first-order chi connectivity index (χ1) is 7.66. The first kappa shape index (κ1) is 17.6. The zero-order valence-corrected chi connectivity index (χ0v) is 8.95. The summed E-state index contributed by atoms with van der Waals surface area (Å²) in [6.45, 7) is -4.97. The minimum Gasteiger partial charge on any atom is -0.302 e. The number of phosphoric acid groups is 1. The van der Waals surface area contributed by atoms with E-state index in [1.165, 1.54) is 0 Å². The highest BCUT2D eigenvalue weighted by atomic mass is 31.2. The molecule has 0 fully saturated rings. The molecule has 18 heavy (non-hydrogen) atoms. The Bertz CT molecular complexity index is 322. The van der Waals surface area contributed by atoms with Gasteiger partial charge in [0.2, 0.25) is 0 Å². The van der Waals surface area contributed by atoms with E-state index < -0.39 is 39.3 Å². The molecule has 1 N–H and O–H groups in total. The van der Waals surface area contributed by atoms with Gasteiger partial charge in [0, 0.05) is 0 Å². The summed E-state index contributed by atoms with van der Waals surface area (Å²) in [6, 6.07) is 0. The molecular formula is C5H5F8O4P. The van der Waals surface area contributed by atoms with Gasteiger partial charge >= 0.3 is 26.1 Å². The first-order valence-corrected chi connectivity index (χ1v) is 5.29. The molecule has 13 heteroatoms. The molecule has 0 rings (SSSR count). The molecule has 0 aliphatic heterocycles. The van der Waals surface area contributed by atoms with E-state index in [9.17, 15) is 39.7 Å². The number of rotatable bonds is 5. The molecule has 0 saturated carbocycles. The van der Waals surface area contributed by atoms with Gasteiger partial charge in [0.15, 0.2) is 6.61 Å². The van der Waals surface area contributed by atoms with Crippen LogP contribution in [0.1, 0.15) is 0 Å². The van der Waals surface area contributed by atoms with Crippen LogP contribution in [-0.2, 0) is 13.6 Å². The van der Waals surface area contributed by atoms with Gasteiger partial charge in [-0.25, -0.2) is 4.57 Å². The van der Waals surface area contributed by atoms with Crippen molar-refractivity contribution < 1.29 is 53.6 Å². The van der Waals surface area contributed by atoms with Gasteiger partial charge in [0.1, 0.15) is 6.61 Å². The second-order valence-corrected chi connectivity index (χ2v) is 4.29. The molecule has 0 radical (unpaired) electrons. The molecule has 0 aliphatic rings. The lowest BCUT2D eigenvalue weighted by Crippen LogP contribution is -2.40. The minimum atomic E-state index is -6.07. The quantitative estimate of drug-likeness (QED) is 0.626. The third-order valence-electron chi connectivity index (χ3n) is 1.22. The topological polar surface area (TPSA) is 55.8 Å². The molecule has 0 aromatic heterocycles. The molecule has 0 heterocycles. The molecule has 0 bridgehead atoms. The van der Waals surface area contributed by atoms with Crippen molar-refractivity contribution in [3.8, 4) is 0 Å². The summed E-state index contributed by atoms with van der Waals surface area (Å²) in [5.74, 6) is -5.49. The normalized spacial score (nSPS) is 17.6. The van der Waals surface area contributed by atoms with Crippen LogP contribution in [0.3, 0.4) is 0 Å². The number of phosphoric ester groups is 1. The molecular weight excluding hydrogens is 307 g/mol. The van der Waals surface area contributed by atoms with Crippen molar-refractivity contribution in [2.24, 2.45) is 0 Å². The first-order valence-electron chi connectivity index (χ1n) is 3.79. The Balaban J connectivity index is 4.41. The van der Waals surface area contributed by atoms with E-state index in [0.29, 0.717) is 0 Å². The lowest BCUT2D eigenvalue weighted by atomic mass is 10.3. The van der Waals surface area contributed by atoms with Crippen LogP contribution in [-0.4, -0.2) is 36.4 Å². The average molecular weight is 312 g/mol. The van der Waals surface area contributed by atoms with Crippen LogP contribution in [0.15, 0.2) is 0 Å². The van der Waals surface area contributed by atoms with Crippen LogP contribution < -0.4 is 0 Å². The summed E-state index contributed by atoms with van der Waals surface area (Å²) in [4.78, 5) is 8.42. The van der Waals surface area contributed by atoms with Crippen molar-refractivity contribution in [1.82, 2.24) is 0 Å². The predicted octanol–water partition coefficient (Wildman–Crippen LogP) is 2.88. The van der Waals surface area contributed by atoms with E-state index in [-0.39, 0.29) is 0 Å². The Morgan fingerprint density at radius 1 is 0.889 bits per heavy atom. The Morgan fingerprint density at radius 3 is 1.61 bits per heavy atom. The zero-order chi connectivity index (χ0) is 14.8. The van der Waals surface area contributed by atoms with Gasteiger partial charge in [-0.05, 0) is 0 Å². The van der Waals surface area contributed by atoms with Crippen molar-refractivity contribution in [3.63, 3.8) is 0 Å². The molecule has 0 aromatic rings. The van der Waals surface area contributed by atoms with Crippen LogP contribution in [0, 0.1) is 0 Å². The smallest absolute Gasteiger partial charge is 0.302 e. The third-order valence-corrected chi connectivity index (χ3v) is 2.13. The van der Waals surface area contributed by atoms with Crippen LogP contribution in [0.5, 0.6) is 0 Å². The highest BCUT2D eigenvalue weighted by molar-refractivity contribution is 7.47. The SMILES string of the molecule is O=P(O)(OCC(F)(F)F)OCC(F)(F)C(F)(F)F. The standard InChI is InChI=1S/C5H5F8O4P/c6-3(7,5(11,12)13)1-16-18(14,15)17-2-4(8,9)10/h1-2H2,(H,14,15). The van der Waals surface area contributed by atoms with E-state index in [1.54, 1.807) is 0 Å². The van der Waals surface area contributed by atoms with Crippen LogP contribution in [0.25, 0.3) is 0 Å². The van der Waals surface area contributed by atoms with Crippen molar-refractivity contribution in [2.75, 3.05) is 13.2 Å². The number of alkyl halides is 8. The average Bonchev–Trinajstić information content (AvgIpc) is 2.10. The number of halogens is 8. The molecule has 110 valence electrons. The fraction of sp³-hybridized carbons (Fsp3) is 1.00. The van der Waals surface area contributed by atoms with E-state index in [4.69, 9.17) is 4.89 Å². The number of hydrogen-bond acceptors (Lipinski definition) is 3.